The minimum atomic E-state index is -0.750. The van der Waals surface area contributed by atoms with Crippen molar-refractivity contribution in [2.45, 2.75) is 38.6 Å². The van der Waals surface area contributed by atoms with Crippen LogP contribution in [0.4, 0.5) is 11.4 Å². The van der Waals surface area contributed by atoms with E-state index in [1.165, 1.54) is 30.8 Å². The van der Waals surface area contributed by atoms with Gasteiger partial charge in [-0.15, -0.1) is 0 Å². The normalized spacial score (nSPS) is 18.9. The molecule has 0 saturated carbocycles. The number of benzene rings is 1. The lowest BCUT2D eigenvalue weighted by Crippen LogP contribution is -2.62. The number of nitrogens with one attached hydrogen (secondary N) is 2. The largest absolute Gasteiger partial charge is 0.484 e. The number of pyridine rings is 2. The Bertz CT molecular complexity index is 1170. The van der Waals surface area contributed by atoms with Crippen LogP contribution in [-0.4, -0.2) is 31.1 Å². The van der Waals surface area contributed by atoms with Gasteiger partial charge in [-0.3, -0.25) is 0 Å². The van der Waals surface area contributed by atoms with Gasteiger partial charge in [0.2, 0.25) is 11.4 Å². The van der Waals surface area contributed by atoms with Gasteiger partial charge in [-0.2, -0.15) is 12.9 Å². The number of rotatable bonds is 7. The first-order valence-corrected chi connectivity index (χ1v) is 12.8. The molecule has 0 radical (unpaired) electrons. The van der Waals surface area contributed by atoms with Crippen molar-refractivity contribution in [2.24, 2.45) is 0 Å². The van der Waals surface area contributed by atoms with Crippen molar-refractivity contribution in [1.29, 1.82) is 0 Å². The summed E-state index contributed by atoms with van der Waals surface area (Å²) in [5.74, 6) is 0. The molecule has 5 rings (SSSR count). The van der Waals surface area contributed by atoms with E-state index in [1.54, 1.807) is 0 Å². The number of anilines is 2. The maximum Gasteiger partial charge on any atom is 0.484 e. The van der Waals surface area contributed by atoms with Gasteiger partial charge < -0.3 is 16.4 Å². The summed E-state index contributed by atoms with van der Waals surface area (Å²) in [6.07, 6.45) is 8.33. The summed E-state index contributed by atoms with van der Waals surface area (Å²) >= 11 is 4.66. The van der Waals surface area contributed by atoms with Gasteiger partial charge in [0.15, 0.2) is 30.6 Å². The number of nitrogens with zero attached hydrogens (tertiary/aromatic N) is 3. The van der Waals surface area contributed by atoms with Gasteiger partial charge in [0.1, 0.15) is 0 Å². The Kier molecular flexibility index (Phi) is 8.17. The monoisotopic (exact) mass is 511 g/mol. The first-order chi connectivity index (χ1) is 17.1. The highest BCUT2D eigenvalue weighted by atomic mass is 32.1. The van der Waals surface area contributed by atoms with E-state index in [4.69, 9.17) is 26.4 Å². The highest BCUT2D eigenvalue weighted by Gasteiger charge is 2.63. The minimum absolute atomic E-state index is 0.345. The minimum Gasteiger partial charge on any atom is -0.399 e. The predicted molar refractivity (Wildman–Crippen MR) is 138 cm³/mol. The average Bonchev–Trinajstić information content (AvgIpc) is 3.34. The van der Waals surface area contributed by atoms with Crippen LogP contribution in [-0.2, 0) is 24.7 Å². The average molecular weight is 512 g/mol. The Morgan fingerprint density at radius 3 is 2.14 bits per heavy atom. The number of unbranched alkanes of at least 4 members (excludes halogenated alkanes) is 2. The summed E-state index contributed by atoms with van der Waals surface area (Å²) in [6.45, 7) is 4.26. The van der Waals surface area contributed by atoms with Gasteiger partial charge in [-0.05, 0) is 67.9 Å². The van der Waals surface area contributed by atoms with E-state index in [0.717, 1.165) is 41.9 Å². The Labute approximate surface area is 214 Å². The molecule has 0 atom stereocenters. The molecule has 0 aliphatic carbocycles. The molecular weight excluding hydrogens is 480 g/mol. The van der Waals surface area contributed by atoms with E-state index in [2.05, 4.69) is 68.6 Å². The summed E-state index contributed by atoms with van der Waals surface area (Å²) < 4.78 is 22.6. The van der Waals surface area contributed by atoms with Gasteiger partial charge in [0, 0.05) is 42.2 Å². The molecule has 2 aliphatic rings. The molecule has 4 heterocycles. The number of fused-ring (bicyclic) bond motifs is 5. The number of aromatic nitrogens is 2. The molecule has 0 fully saturated rings. The predicted octanol–water partition coefficient (Wildman–Crippen LogP) is 2.18. The molecule has 0 amide bonds. The van der Waals surface area contributed by atoms with Crippen LogP contribution < -0.4 is 25.5 Å². The third kappa shape index (κ3) is 5.72. The number of nitrogens with two attached hydrogens (primary N) is 1. The molecule has 2 aromatic heterocycles. The van der Waals surface area contributed by atoms with Crippen molar-refractivity contribution in [3.8, 4) is 0 Å². The van der Waals surface area contributed by atoms with Crippen LogP contribution in [0.25, 0.3) is 0 Å². The molecule has 0 bridgehead atoms. The van der Waals surface area contributed by atoms with E-state index in [-0.39, 0.29) is 0 Å². The fourth-order valence-electron chi connectivity index (χ4n) is 5.17. The van der Waals surface area contributed by atoms with Crippen molar-refractivity contribution in [1.82, 2.24) is 5.32 Å². The summed E-state index contributed by atoms with van der Waals surface area (Å²) in [7, 11) is 0. The van der Waals surface area contributed by atoms with Crippen molar-refractivity contribution in [3.63, 3.8) is 0 Å². The summed E-state index contributed by atoms with van der Waals surface area (Å²) in [4.78, 5) is 0. The summed E-state index contributed by atoms with van der Waals surface area (Å²) in [6, 6.07) is 20.8. The van der Waals surface area contributed by atoms with Crippen molar-refractivity contribution < 1.29 is 22.0 Å². The molecule has 0 unspecified atom stereocenters. The van der Waals surface area contributed by atoms with Gasteiger partial charge >= 0.3 is 17.9 Å². The van der Waals surface area contributed by atoms with E-state index >= 15 is 0 Å². The molecule has 10 heteroatoms. The second-order valence-corrected chi connectivity index (χ2v) is 9.48. The van der Waals surface area contributed by atoms with Crippen LogP contribution in [0.3, 0.4) is 0 Å². The van der Waals surface area contributed by atoms with Crippen LogP contribution >= 0.6 is 12.2 Å². The number of thiocarbonyl (C=S) groups is 1. The van der Waals surface area contributed by atoms with Gasteiger partial charge in [-0.1, -0.05) is 9.13 Å². The highest BCUT2D eigenvalue weighted by molar-refractivity contribution is 7.80. The molecule has 4 N–H and O–H groups in total. The second-order valence-electron chi connectivity index (χ2n) is 8.93. The van der Waals surface area contributed by atoms with Crippen molar-refractivity contribution >= 4 is 40.3 Å². The van der Waals surface area contributed by atoms with Gasteiger partial charge in [-0.25, -0.2) is 0 Å². The molecule has 182 valence electrons. The lowest BCUT2D eigenvalue weighted by atomic mass is 10.2. The molecule has 1 aromatic carbocycles. The van der Waals surface area contributed by atoms with Gasteiger partial charge in [0.25, 0.3) is 0 Å². The molecular formula is C25H31N6O2S2+3. The molecule has 35 heavy (non-hydrogen) atoms. The van der Waals surface area contributed by atoms with Crippen LogP contribution in [0.2, 0.25) is 0 Å². The van der Waals surface area contributed by atoms with Crippen LogP contribution in [0, 0.1) is 0 Å². The molecule has 8 nitrogen and oxygen atoms in total. The number of nitrogen functional groups attached to an aromatic ring is 1. The zero-order valence-corrected chi connectivity index (χ0v) is 21.1. The van der Waals surface area contributed by atoms with E-state index in [9.17, 15) is 0 Å². The maximum atomic E-state index is 8.29. The SMILES string of the molecule is Nc1ccc(NC(=S)NCCCCC[N+]23Cc4cccc[n+]4C2[n+]2ccccc2C3)cc1.O=S=O. The lowest BCUT2D eigenvalue weighted by molar-refractivity contribution is -1.16. The Hall–Kier alpha value is -3.21. The fourth-order valence-corrected chi connectivity index (χ4v) is 5.39. The Morgan fingerprint density at radius 1 is 0.943 bits per heavy atom. The Morgan fingerprint density at radius 2 is 1.54 bits per heavy atom. The van der Waals surface area contributed by atoms with Crippen molar-refractivity contribution in [3.05, 3.63) is 84.4 Å². The van der Waals surface area contributed by atoms with Crippen LogP contribution in [0.1, 0.15) is 36.9 Å². The van der Waals surface area contributed by atoms with Crippen molar-refractivity contribution in [2.75, 3.05) is 24.1 Å². The van der Waals surface area contributed by atoms with Gasteiger partial charge in [0.05, 0.1) is 6.54 Å². The lowest BCUT2D eigenvalue weighted by Gasteiger charge is -2.24. The molecule has 0 spiro atoms. The zero-order chi connectivity index (χ0) is 24.7. The number of hydrogen-bond donors (Lipinski definition) is 3. The third-order valence-electron chi connectivity index (χ3n) is 6.63. The Balaban J connectivity index is 0.000000917. The summed E-state index contributed by atoms with van der Waals surface area (Å²) in [5, 5.41) is 7.19. The maximum absolute atomic E-state index is 8.29. The standard InChI is InChI=1S/C25H30N6S.O2S/c26-20-10-12-21(13-11-20)28-24(32)27-14-4-1-7-17-31-18-22-8-2-5-15-29(22)25(31)30-16-6-3-9-23(30)19-31;1-3-2/h2-3,5-6,8-13,15-16,25H,1,4,7,14,17-19,26H2,(H-,27,28,32);/q+2;/p+1. The topological polar surface area (TPSA) is 92.0 Å². The zero-order valence-electron chi connectivity index (χ0n) is 19.5. The first kappa shape index (κ1) is 24.9. The first-order valence-electron chi connectivity index (χ1n) is 11.7. The quantitative estimate of drug-likeness (QED) is 0.148. The van der Waals surface area contributed by atoms with E-state index in [0.29, 0.717) is 11.4 Å². The molecule has 0 saturated heterocycles. The van der Waals surface area contributed by atoms with Crippen LogP contribution in [0.5, 0.6) is 0 Å². The summed E-state index contributed by atoms with van der Waals surface area (Å²) in [5.41, 5.74) is 10.3. The van der Waals surface area contributed by atoms with E-state index in [1.807, 2.05) is 24.3 Å². The number of hydrogen-bond acceptors (Lipinski definition) is 4. The molecule has 3 aromatic rings. The van der Waals surface area contributed by atoms with E-state index < -0.39 is 11.6 Å². The smallest absolute Gasteiger partial charge is 0.399 e. The van der Waals surface area contributed by atoms with Crippen LogP contribution in [0.15, 0.2) is 73.1 Å². The molecule has 2 aliphatic heterocycles. The second kappa shape index (κ2) is 11.5. The third-order valence-corrected chi connectivity index (χ3v) is 6.88. The highest BCUT2D eigenvalue weighted by Crippen LogP contribution is 2.34. The number of quaternary nitrogens is 1. The fraction of sp³-hybridized carbons (Fsp3) is 0.320.